The van der Waals surface area contributed by atoms with E-state index in [0.717, 1.165) is 50.3 Å². The minimum Gasteiger partial charge on any atom is -0.333 e. The van der Waals surface area contributed by atoms with Gasteiger partial charge in [-0.15, -0.1) is 0 Å². The van der Waals surface area contributed by atoms with Crippen molar-refractivity contribution in [3.8, 4) is 0 Å². The largest absolute Gasteiger partial charge is 0.333 e. The number of aromatic nitrogens is 2. The lowest BCUT2D eigenvalue weighted by Crippen LogP contribution is -2.49. The third kappa shape index (κ3) is 4.43. The standard InChI is InChI=1S/C20H34N4O/c1-4-24-19(14-17(21-24)13-16(2)3)20(25)23-12-6-5-9-18(23)15-22-10-7-8-11-22/h14,16,18H,4-13,15H2,1-3H3/t18-/m1/s1. The van der Waals surface area contributed by atoms with Gasteiger partial charge in [0.05, 0.1) is 5.69 Å². The Hall–Kier alpha value is -1.36. The van der Waals surface area contributed by atoms with Gasteiger partial charge < -0.3 is 9.80 Å². The van der Waals surface area contributed by atoms with Gasteiger partial charge >= 0.3 is 0 Å². The van der Waals surface area contributed by atoms with Crippen LogP contribution < -0.4 is 0 Å². The SMILES string of the molecule is CCn1nc(CC(C)C)cc1C(=O)N1CCCC[C@@H]1CN1CCCC1. The zero-order valence-electron chi connectivity index (χ0n) is 16.2. The first-order valence-electron chi connectivity index (χ1n) is 10.2. The Balaban J connectivity index is 1.75. The van der Waals surface area contributed by atoms with Crippen LogP contribution in [0.4, 0.5) is 0 Å². The van der Waals surface area contributed by atoms with Crippen LogP contribution in [0.25, 0.3) is 0 Å². The first-order chi connectivity index (χ1) is 12.1. The van der Waals surface area contributed by atoms with Crippen molar-refractivity contribution in [3.63, 3.8) is 0 Å². The summed E-state index contributed by atoms with van der Waals surface area (Å²) in [5, 5.41) is 4.67. The van der Waals surface area contributed by atoms with E-state index in [0.29, 0.717) is 12.0 Å². The maximum Gasteiger partial charge on any atom is 0.272 e. The van der Waals surface area contributed by atoms with Crippen molar-refractivity contribution in [1.82, 2.24) is 19.6 Å². The molecule has 0 N–H and O–H groups in total. The van der Waals surface area contributed by atoms with Gasteiger partial charge in [0.15, 0.2) is 0 Å². The third-order valence-electron chi connectivity index (χ3n) is 5.52. The van der Waals surface area contributed by atoms with Crippen LogP contribution in [0.15, 0.2) is 6.07 Å². The summed E-state index contributed by atoms with van der Waals surface area (Å²) < 4.78 is 1.90. The van der Waals surface area contributed by atoms with Gasteiger partial charge in [0, 0.05) is 25.7 Å². The Kier molecular flexibility index (Phi) is 6.15. The molecule has 0 bridgehead atoms. The predicted molar refractivity (Wildman–Crippen MR) is 101 cm³/mol. The van der Waals surface area contributed by atoms with Gasteiger partial charge in [-0.25, -0.2) is 0 Å². The minimum atomic E-state index is 0.188. The van der Waals surface area contributed by atoms with Gasteiger partial charge in [-0.2, -0.15) is 5.10 Å². The van der Waals surface area contributed by atoms with E-state index in [1.165, 1.54) is 32.4 Å². The Bertz CT molecular complexity index is 574. The maximum absolute atomic E-state index is 13.3. The van der Waals surface area contributed by atoms with Crippen LogP contribution in [0.5, 0.6) is 0 Å². The summed E-state index contributed by atoms with van der Waals surface area (Å²) in [6.07, 6.45) is 7.06. The van der Waals surface area contributed by atoms with Crippen LogP contribution in [0.3, 0.4) is 0 Å². The lowest BCUT2D eigenvalue weighted by molar-refractivity contribution is 0.0548. The molecule has 1 atom stereocenters. The van der Waals surface area contributed by atoms with E-state index in [2.05, 4.69) is 35.7 Å². The molecule has 5 heteroatoms. The number of rotatable bonds is 6. The molecule has 0 radical (unpaired) electrons. The number of piperidine rings is 1. The Morgan fingerprint density at radius 2 is 1.92 bits per heavy atom. The lowest BCUT2D eigenvalue weighted by atomic mass is 10.0. The summed E-state index contributed by atoms with van der Waals surface area (Å²) in [6.45, 7) is 11.6. The molecule has 2 saturated heterocycles. The van der Waals surface area contributed by atoms with Crippen LogP contribution in [-0.4, -0.2) is 57.7 Å². The molecule has 140 valence electrons. The van der Waals surface area contributed by atoms with Crippen molar-refractivity contribution in [2.24, 2.45) is 5.92 Å². The predicted octanol–water partition coefficient (Wildman–Crippen LogP) is 3.19. The third-order valence-corrected chi connectivity index (χ3v) is 5.52. The van der Waals surface area contributed by atoms with Gasteiger partial charge in [0.2, 0.25) is 0 Å². The molecule has 5 nitrogen and oxygen atoms in total. The number of nitrogens with zero attached hydrogens (tertiary/aromatic N) is 4. The molecule has 0 unspecified atom stereocenters. The number of hydrogen-bond donors (Lipinski definition) is 0. The van der Waals surface area contributed by atoms with Crippen molar-refractivity contribution >= 4 is 5.91 Å². The summed E-state index contributed by atoms with van der Waals surface area (Å²) >= 11 is 0. The first kappa shape index (κ1) is 18.4. The van der Waals surface area contributed by atoms with Crippen molar-refractivity contribution in [1.29, 1.82) is 0 Å². The van der Waals surface area contributed by atoms with Crippen LogP contribution >= 0.6 is 0 Å². The second-order valence-corrected chi connectivity index (χ2v) is 8.09. The average molecular weight is 347 g/mol. The highest BCUT2D eigenvalue weighted by Gasteiger charge is 2.31. The summed E-state index contributed by atoms with van der Waals surface area (Å²) in [5.41, 5.74) is 1.83. The molecular weight excluding hydrogens is 312 g/mol. The molecule has 25 heavy (non-hydrogen) atoms. The van der Waals surface area contributed by atoms with Crippen molar-refractivity contribution in [2.75, 3.05) is 26.2 Å². The van der Waals surface area contributed by atoms with E-state index < -0.39 is 0 Å². The highest BCUT2D eigenvalue weighted by molar-refractivity contribution is 5.93. The monoisotopic (exact) mass is 346 g/mol. The molecule has 1 amide bonds. The zero-order valence-corrected chi connectivity index (χ0v) is 16.2. The number of carbonyl (C=O) groups excluding carboxylic acids is 1. The minimum absolute atomic E-state index is 0.188. The maximum atomic E-state index is 13.3. The zero-order chi connectivity index (χ0) is 17.8. The molecule has 0 aromatic carbocycles. The van der Waals surface area contributed by atoms with Crippen molar-refractivity contribution in [2.45, 2.75) is 71.9 Å². The van der Waals surface area contributed by atoms with E-state index in [1.54, 1.807) is 0 Å². The summed E-state index contributed by atoms with van der Waals surface area (Å²) in [5.74, 6) is 0.745. The van der Waals surface area contributed by atoms with E-state index in [-0.39, 0.29) is 5.91 Å². The fourth-order valence-corrected chi connectivity index (χ4v) is 4.27. The van der Waals surface area contributed by atoms with E-state index in [9.17, 15) is 4.79 Å². The highest BCUT2D eigenvalue weighted by Crippen LogP contribution is 2.23. The molecular formula is C20H34N4O. The number of hydrogen-bond acceptors (Lipinski definition) is 3. The summed E-state index contributed by atoms with van der Waals surface area (Å²) in [4.78, 5) is 18.0. The molecule has 0 saturated carbocycles. The molecule has 0 spiro atoms. The number of likely N-dealkylation sites (tertiary alicyclic amines) is 2. The number of amides is 1. The molecule has 1 aromatic heterocycles. The smallest absolute Gasteiger partial charge is 0.272 e. The summed E-state index contributed by atoms with van der Waals surface area (Å²) in [7, 11) is 0. The molecule has 2 aliphatic heterocycles. The van der Waals surface area contributed by atoms with Crippen molar-refractivity contribution < 1.29 is 4.79 Å². The molecule has 2 aliphatic rings. The topological polar surface area (TPSA) is 41.4 Å². The molecule has 0 aliphatic carbocycles. The fraction of sp³-hybridized carbons (Fsp3) is 0.800. The molecule has 2 fully saturated rings. The lowest BCUT2D eigenvalue weighted by Gasteiger charge is -2.37. The van der Waals surface area contributed by atoms with Crippen LogP contribution in [0, 0.1) is 5.92 Å². The van der Waals surface area contributed by atoms with Gasteiger partial charge in [-0.1, -0.05) is 13.8 Å². The first-order valence-corrected chi connectivity index (χ1v) is 10.2. The van der Waals surface area contributed by atoms with Crippen LogP contribution in [-0.2, 0) is 13.0 Å². The number of carbonyl (C=O) groups is 1. The van der Waals surface area contributed by atoms with Gasteiger partial charge in [0.1, 0.15) is 5.69 Å². The van der Waals surface area contributed by atoms with Crippen molar-refractivity contribution in [3.05, 3.63) is 17.5 Å². The van der Waals surface area contributed by atoms with E-state index in [1.807, 2.05) is 10.7 Å². The van der Waals surface area contributed by atoms with Gasteiger partial charge in [-0.05, 0) is 70.5 Å². The second-order valence-electron chi connectivity index (χ2n) is 8.09. The molecule has 3 rings (SSSR count). The van der Waals surface area contributed by atoms with E-state index in [4.69, 9.17) is 0 Å². The Morgan fingerprint density at radius 3 is 2.60 bits per heavy atom. The van der Waals surface area contributed by atoms with Gasteiger partial charge in [-0.3, -0.25) is 9.48 Å². The average Bonchev–Trinajstić information content (AvgIpc) is 3.23. The Morgan fingerprint density at radius 1 is 1.20 bits per heavy atom. The quantitative estimate of drug-likeness (QED) is 0.794. The second kappa shape index (κ2) is 8.35. The highest BCUT2D eigenvalue weighted by atomic mass is 16.2. The molecule has 3 heterocycles. The van der Waals surface area contributed by atoms with Gasteiger partial charge in [0.25, 0.3) is 5.91 Å². The van der Waals surface area contributed by atoms with E-state index >= 15 is 0 Å². The normalized spacial score (nSPS) is 22.1. The fourth-order valence-electron chi connectivity index (χ4n) is 4.27. The number of aryl methyl sites for hydroxylation is 1. The van der Waals surface area contributed by atoms with Crippen LogP contribution in [0.1, 0.15) is 69.1 Å². The Labute approximate surface area is 152 Å². The summed E-state index contributed by atoms with van der Waals surface area (Å²) in [6, 6.07) is 2.40. The van der Waals surface area contributed by atoms with Crippen LogP contribution in [0.2, 0.25) is 0 Å². The molecule has 1 aromatic rings.